The summed E-state index contributed by atoms with van der Waals surface area (Å²) >= 11 is 5.71. The van der Waals surface area contributed by atoms with Crippen molar-refractivity contribution in [3.63, 3.8) is 0 Å². The molecule has 2 aromatic heterocycles. The first-order valence-corrected chi connectivity index (χ1v) is 6.03. The van der Waals surface area contributed by atoms with Crippen molar-refractivity contribution in [2.24, 2.45) is 0 Å². The molecule has 17 heavy (non-hydrogen) atoms. The van der Waals surface area contributed by atoms with Crippen LogP contribution < -0.4 is 5.32 Å². The molecule has 0 amide bonds. The minimum Gasteiger partial charge on any atom is -0.441 e. The first-order chi connectivity index (χ1) is 8.20. The largest absolute Gasteiger partial charge is 0.441 e. The van der Waals surface area contributed by atoms with Gasteiger partial charge in [-0.05, 0) is 43.6 Å². The molecule has 0 radical (unpaired) electrons. The van der Waals surface area contributed by atoms with Gasteiger partial charge in [-0.3, -0.25) is 0 Å². The second-order valence-corrected chi connectivity index (χ2v) is 4.21. The monoisotopic (exact) mass is 254 g/mol. The third kappa shape index (κ3) is 2.90. The molecule has 0 aromatic carbocycles. The van der Waals surface area contributed by atoms with Crippen LogP contribution in [0.4, 0.5) is 0 Å². The van der Waals surface area contributed by atoms with E-state index in [0.717, 1.165) is 13.0 Å². The molecule has 4 nitrogen and oxygen atoms in total. The Morgan fingerprint density at radius 1 is 1.35 bits per heavy atom. The quantitative estimate of drug-likeness (QED) is 0.885. The summed E-state index contributed by atoms with van der Waals surface area (Å²) in [6.07, 6.45) is 2.72. The van der Waals surface area contributed by atoms with E-state index in [9.17, 15) is 0 Å². The number of nitrogens with one attached hydrogen (secondary N) is 1. The van der Waals surface area contributed by atoms with Gasteiger partial charge in [0.1, 0.15) is 0 Å². The van der Waals surface area contributed by atoms with E-state index < -0.39 is 0 Å². The van der Waals surface area contributed by atoms with Crippen molar-refractivity contribution in [2.75, 3.05) is 6.54 Å². The lowest BCUT2D eigenvalue weighted by Gasteiger charge is -2.08. The summed E-state index contributed by atoms with van der Waals surface area (Å²) in [7, 11) is 0. The van der Waals surface area contributed by atoms with Gasteiger partial charge in [0.2, 0.25) is 5.89 Å². The Kier molecular flexibility index (Phi) is 3.86. The van der Waals surface area contributed by atoms with Crippen LogP contribution in [0.5, 0.6) is 0 Å². The number of halogens is 1. The third-order valence-corrected chi connectivity index (χ3v) is 2.61. The molecule has 1 N–H and O–H groups in total. The number of aromatic nitrogens is 1. The molecule has 0 bridgehead atoms. The van der Waals surface area contributed by atoms with Gasteiger partial charge in [-0.25, -0.2) is 4.98 Å². The fourth-order valence-corrected chi connectivity index (χ4v) is 1.64. The second-order valence-electron chi connectivity index (χ2n) is 3.84. The summed E-state index contributed by atoms with van der Waals surface area (Å²) in [6, 6.07) is 3.53. The van der Waals surface area contributed by atoms with Gasteiger partial charge >= 0.3 is 0 Å². The Balaban J connectivity index is 2.10. The Morgan fingerprint density at radius 2 is 2.18 bits per heavy atom. The van der Waals surface area contributed by atoms with Gasteiger partial charge in [0.15, 0.2) is 16.7 Å². The molecule has 0 aliphatic heterocycles. The van der Waals surface area contributed by atoms with E-state index >= 15 is 0 Å². The van der Waals surface area contributed by atoms with Gasteiger partial charge in [-0.1, -0.05) is 6.92 Å². The zero-order valence-electron chi connectivity index (χ0n) is 9.87. The topological polar surface area (TPSA) is 51.2 Å². The van der Waals surface area contributed by atoms with Crippen LogP contribution in [0.1, 0.15) is 32.2 Å². The lowest BCUT2D eigenvalue weighted by molar-refractivity contribution is 0.415. The number of furan rings is 1. The summed E-state index contributed by atoms with van der Waals surface area (Å²) < 4.78 is 10.9. The van der Waals surface area contributed by atoms with Gasteiger partial charge < -0.3 is 14.2 Å². The number of rotatable bonds is 5. The molecule has 0 spiro atoms. The molecule has 0 aliphatic carbocycles. The molecule has 92 valence electrons. The number of oxazole rings is 1. The maximum atomic E-state index is 5.71. The zero-order chi connectivity index (χ0) is 12.3. The van der Waals surface area contributed by atoms with Crippen LogP contribution in [0.15, 0.2) is 27.2 Å². The molecular weight excluding hydrogens is 240 g/mol. The third-order valence-electron chi connectivity index (χ3n) is 2.41. The molecule has 0 fully saturated rings. The van der Waals surface area contributed by atoms with Crippen LogP contribution in [-0.2, 0) is 0 Å². The summed E-state index contributed by atoms with van der Waals surface area (Å²) in [6.45, 7) is 5.07. The van der Waals surface area contributed by atoms with E-state index in [4.69, 9.17) is 20.4 Å². The Labute approximate surface area is 105 Å². The van der Waals surface area contributed by atoms with Crippen molar-refractivity contribution in [3.05, 3.63) is 29.4 Å². The molecular formula is C12H15ClN2O2. The van der Waals surface area contributed by atoms with Gasteiger partial charge in [-0.2, -0.15) is 0 Å². The van der Waals surface area contributed by atoms with Gasteiger partial charge in [0.05, 0.1) is 12.2 Å². The summed E-state index contributed by atoms with van der Waals surface area (Å²) in [5.41, 5.74) is 0. The molecule has 5 heteroatoms. The standard InChI is InChI=1S/C12H15ClN2O2/c1-3-6-14-8(2)12-15-7-10(17-12)9-4-5-11(13)16-9/h4-5,7-8,14H,3,6H2,1-2H3. The van der Waals surface area contributed by atoms with E-state index in [1.54, 1.807) is 18.3 Å². The molecule has 1 atom stereocenters. The molecule has 2 aromatic rings. The van der Waals surface area contributed by atoms with Crippen molar-refractivity contribution < 1.29 is 8.83 Å². The second kappa shape index (κ2) is 5.38. The van der Waals surface area contributed by atoms with Crippen molar-refractivity contribution in [2.45, 2.75) is 26.3 Å². The normalized spacial score (nSPS) is 12.9. The molecule has 0 saturated carbocycles. The van der Waals surface area contributed by atoms with Gasteiger partial charge in [0, 0.05) is 0 Å². The van der Waals surface area contributed by atoms with Crippen LogP contribution in [0.2, 0.25) is 5.22 Å². The lowest BCUT2D eigenvalue weighted by Crippen LogP contribution is -2.19. The van der Waals surface area contributed by atoms with E-state index in [2.05, 4.69) is 17.2 Å². The maximum Gasteiger partial charge on any atom is 0.211 e. The van der Waals surface area contributed by atoms with Crippen molar-refractivity contribution >= 4 is 11.6 Å². The summed E-state index contributed by atoms with van der Waals surface area (Å²) in [5, 5.41) is 3.65. The molecule has 0 aliphatic rings. The summed E-state index contributed by atoms with van der Waals surface area (Å²) in [4.78, 5) is 4.22. The van der Waals surface area contributed by atoms with Crippen LogP contribution >= 0.6 is 11.6 Å². The fourth-order valence-electron chi connectivity index (χ4n) is 1.50. The highest BCUT2D eigenvalue weighted by Gasteiger charge is 2.14. The van der Waals surface area contributed by atoms with Crippen molar-refractivity contribution in [1.29, 1.82) is 0 Å². The first-order valence-electron chi connectivity index (χ1n) is 5.65. The van der Waals surface area contributed by atoms with E-state index in [1.165, 1.54) is 0 Å². The minimum absolute atomic E-state index is 0.0918. The molecule has 2 heterocycles. The van der Waals surface area contributed by atoms with E-state index in [1.807, 2.05) is 6.92 Å². The molecule has 2 rings (SSSR count). The average Bonchev–Trinajstić information content (AvgIpc) is 2.93. The predicted octanol–water partition coefficient (Wildman–Crippen LogP) is 3.65. The smallest absolute Gasteiger partial charge is 0.211 e. The lowest BCUT2D eigenvalue weighted by atomic mass is 10.3. The number of hydrogen-bond donors (Lipinski definition) is 1. The zero-order valence-corrected chi connectivity index (χ0v) is 10.6. The first kappa shape index (κ1) is 12.2. The highest BCUT2D eigenvalue weighted by Crippen LogP contribution is 2.26. The SMILES string of the molecule is CCCNC(C)c1ncc(-c2ccc(Cl)o2)o1. The molecule has 0 saturated heterocycles. The van der Waals surface area contributed by atoms with E-state index in [0.29, 0.717) is 22.6 Å². The minimum atomic E-state index is 0.0918. The Hall–Kier alpha value is -1.26. The highest BCUT2D eigenvalue weighted by molar-refractivity contribution is 6.28. The molecule has 1 unspecified atom stereocenters. The van der Waals surface area contributed by atoms with Crippen LogP contribution in [0.25, 0.3) is 11.5 Å². The van der Waals surface area contributed by atoms with Crippen LogP contribution in [0, 0.1) is 0 Å². The Morgan fingerprint density at radius 3 is 2.82 bits per heavy atom. The maximum absolute atomic E-state index is 5.71. The average molecular weight is 255 g/mol. The van der Waals surface area contributed by atoms with Crippen LogP contribution in [0.3, 0.4) is 0 Å². The van der Waals surface area contributed by atoms with E-state index in [-0.39, 0.29) is 6.04 Å². The number of hydrogen-bond acceptors (Lipinski definition) is 4. The Bertz CT molecular complexity index is 478. The van der Waals surface area contributed by atoms with Crippen molar-refractivity contribution in [1.82, 2.24) is 10.3 Å². The fraction of sp³-hybridized carbons (Fsp3) is 0.417. The van der Waals surface area contributed by atoms with Gasteiger partial charge in [-0.15, -0.1) is 0 Å². The van der Waals surface area contributed by atoms with Crippen molar-refractivity contribution in [3.8, 4) is 11.5 Å². The highest BCUT2D eigenvalue weighted by atomic mass is 35.5. The van der Waals surface area contributed by atoms with Crippen LogP contribution in [-0.4, -0.2) is 11.5 Å². The summed E-state index contributed by atoms with van der Waals surface area (Å²) in [5.74, 6) is 1.84. The predicted molar refractivity (Wildman–Crippen MR) is 65.9 cm³/mol. The van der Waals surface area contributed by atoms with Gasteiger partial charge in [0.25, 0.3) is 0 Å². The number of nitrogens with zero attached hydrogens (tertiary/aromatic N) is 1.